The SMILES string of the molecule is CC12CCC(C(=O)O)(CC1[O-])C2(C)C.[Na+]. The van der Waals surface area contributed by atoms with E-state index in [9.17, 15) is 15.0 Å². The van der Waals surface area contributed by atoms with Gasteiger partial charge in [0, 0.05) is 0 Å². The van der Waals surface area contributed by atoms with E-state index in [0.29, 0.717) is 12.8 Å². The molecule has 3 nitrogen and oxygen atoms in total. The first-order valence-corrected chi connectivity index (χ1v) is 5.17. The van der Waals surface area contributed by atoms with Gasteiger partial charge in [-0.15, -0.1) is 6.10 Å². The topological polar surface area (TPSA) is 60.4 Å². The second-order valence-electron chi connectivity index (χ2n) is 5.62. The predicted octanol–water partition coefficient (Wildman–Crippen LogP) is -1.98. The Bertz CT molecular complexity index is 302. The fraction of sp³-hybridized carbons (Fsp3) is 0.909. The summed E-state index contributed by atoms with van der Waals surface area (Å²) in [4.78, 5) is 11.3. The summed E-state index contributed by atoms with van der Waals surface area (Å²) in [6.45, 7) is 5.86. The Morgan fingerprint density at radius 1 is 1.33 bits per heavy atom. The number of carboxylic acids is 1. The Labute approximate surface area is 113 Å². The van der Waals surface area contributed by atoms with Gasteiger partial charge < -0.3 is 10.2 Å². The van der Waals surface area contributed by atoms with E-state index in [1.54, 1.807) is 0 Å². The molecule has 3 unspecified atom stereocenters. The van der Waals surface area contributed by atoms with Crippen molar-refractivity contribution in [3.05, 3.63) is 0 Å². The summed E-state index contributed by atoms with van der Waals surface area (Å²) in [5, 5.41) is 21.2. The molecule has 2 saturated carbocycles. The van der Waals surface area contributed by atoms with Crippen LogP contribution in [0.1, 0.15) is 40.0 Å². The van der Waals surface area contributed by atoms with Gasteiger partial charge in [-0.25, -0.2) is 0 Å². The molecule has 0 amide bonds. The van der Waals surface area contributed by atoms with E-state index in [0.717, 1.165) is 6.42 Å². The van der Waals surface area contributed by atoms with Crippen LogP contribution in [0.3, 0.4) is 0 Å². The van der Waals surface area contributed by atoms with Crippen molar-refractivity contribution in [3.63, 3.8) is 0 Å². The molecule has 0 aromatic heterocycles. The summed E-state index contributed by atoms with van der Waals surface area (Å²) in [7, 11) is 0. The van der Waals surface area contributed by atoms with Gasteiger partial charge in [-0.1, -0.05) is 20.8 Å². The first-order chi connectivity index (χ1) is 6.28. The van der Waals surface area contributed by atoms with Crippen molar-refractivity contribution < 1.29 is 44.6 Å². The van der Waals surface area contributed by atoms with E-state index in [1.807, 2.05) is 20.8 Å². The van der Waals surface area contributed by atoms with Crippen LogP contribution in [0.5, 0.6) is 0 Å². The first kappa shape index (κ1) is 13.5. The van der Waals surface area contributed by atoms with E-state index in [-0.39, 0.29) is 40.4 Å². The van der Waals surface area contributed by atoms with Crippen LogP contribution < -0.4 is 34.7 Å². The molecule has 0 radical (unpaired) electrons. The molecule has 4 heteroatoms. The third-order valence-electron chi connectivity index (χ3n) is 5.35. The van der Waals surface area contributed by atoms with E-state index < -0.39 is 17.5 Å². The molecule has 2 aliphatic carbocycles. The molecule has 2 aliphatic rings. The van der Waals surface area contributed by atoms with Gasteiger partial charge in [-0.2, -0.15) is 0 Å². The molecule has 2 fully saturated rings. The third-order valence-corrected chi connectivity index (χ3v) is 5.35. The monoisotopic (exact) mass is 220 g/mol. The van der Waals surface area contributed by atoms with Crippen molar-refractivity contribution in [2.24, 2.45) is 16.2 Å². The zero-order chi connectivity index (χ0) is 10.8. The number of rotatable bonds is 1. The van der Waals surface area contributed by atoms with Gasteiger partial charge in [0.2, 0.25) is 0 Å². The fourth-order valence-electron chi connectivity index (χ4n) is 3.57. The molecule has 15 heavy (non-hydrogen) atoms. The molecule has 2 bridgehead atoms. The quantitative estimate of drug-likeness (QED) is 0.521. The average Bonchev–Trinajstić information content (AvgIpc) is 2.34. The molecule has 0 spiro atoms. The largest absolute Gasteiger partial charge is 1.00 e. The second-order valence-corrected chi connectivity index (χ2v) is 5.62. The van der Waals surface area contributed by atoms with Crippen LogP contribution in [0.4, 0.5) is 0 Å². The van der Waals surface area contributed by atoms with Gasteiger partial charge >= 0.3 is 35.5 Å². The number of hydrogen-bond donors (Lipinski definition) is 1. The molecule has 0 aromatic carbocycles. The number of aliphatic carboxylic acids is 1. The predicted molar refractivity (Wildman–Crippen MR) is 49.6 cm³/mol. The molecule has 3 atom stereocenters. The maximum Gasteiger partial charge on any atom is 1.00 e. The zero-order valence-electron chi connectivity index (χ0n) is 9.96. The van der Waals surface area contributed by atoms with Gasteiger partial charge in [0.1, 0.15) is 0 Å². The first-order valence-electron chi connectivity index (χ1n) is 5.17. The smallest absolute Gasteiger partial charge is 0.852 e. The number of carboxylic acid groups (broad SMARTS) is 1. The molecule has 0 aliphatic heterocycles. The minimum Gasteiger partial charge on any atom is -0.852 e. The summed E-state index contributed by atoms with van der Waals surface area (Å²) >= 11 is 0. The molecule has 2 rings (SSSR count). The van der Waals surface area contributed by atoms with E-state index in [1.165, 1.54) is 0 Å². The van der Waals surface area contributed by atoms with Crippen molar-refractivity contribution in [3.8, 4) is 0 Å². The van der Waals surface area contributed by atoms with Crippen LogP contribution in [0.25, 0.3) is 0 Å². The molecule has 1 N–H and O–H groups in total. The van der Waals surface area contributed by atoms with Crippen molar-refractivity contribution >= 4 is 5.97 Å². The van der Waals surface area contributed by atoms with Crippen LogP contribution in [-0.4, -0.2) is 17.2 Å². The minimum atomic E-state index is -0.774. The van der Waals surface area contributed by atoms with Gasteiger partial charge in [0.25, 0.3) is 0 Å². The summed E-state index contributed by atoms with van der Waals surface area (Å²) in [5.41, 5.74) is -1.45. The Kier molecular flexibility index (Phi) is 3.11. The van der Waals surface area contributed by atoms with E-state index >= 15 is 0 Å². The molecular formula is C11H17NaO3. The van der Waals surface area contributed by atoms with Crippen LogP contribution >= 0.6 is 0 Å². The summed E-state index contributed by atoms with van der Waals surface area (Å²) in [6.07, 6.45) is 1.04. The van der Waals surface area contributed by atoms with Gasteiger partial charge in [-0.05, 0) is 30.1 Å². The van der Waals surface area contributed by atoms with Gasteiger partial charge in [0.15, 0.2) is 0 Å². The third kappa shape index (κ3) is 1.24. The normalized spacial score (nSPS) is 46.3. The number of fused-ring (bicyclic) bond motifs is 2. The molecule has 0 saturated heterocycles. The Balaban J connectivity index is 0.00000112. The summed E-state index contributed by atoms with van der Waals surface area (Å²) in [6, 6.07) is 0. The second kappa shape index (κ2) is 3.46. The van der Waals surface area contributed by atoms with E-state index in [4.69, 9.17) is 0 Å². The fourth-order valence-corrected chi connectivity index (χ4v) is 3.57. The maximum atomic E-state index is 11.9. The van der Waals surface area contributed by atoms with Crippen molar-refractivity contribution in [1.82, 2.24) is 0 Å². The Morgan fingerprint density at radius 2 is 1.87 bits per heavy atom. The van der Waals surface area contributed by atoms with Crippen LogP contribution in [0.2, 0.25) is 0 Å². The molecule has 0 heterocycles. The molecular weight excluding hydrogens is 203 g/mol. The standard InChI is InChI=1S/C11H17O3.Na/c1-9(2)10(3)4-5-11(9,8(13)14)6-7(10)12;/h7H,4-6H2,1-3H3,(H,13,14);/q-1;+1. The Morgan fingerprint density at radius 3 is 2.07 bits per heavy atom. The van der Waals surface area contributed by atoms with E-state index in [2.05, 4.69) is 0 Å². The van der Waals surface area contributed by atoms with Crippen molar-refractivity contribution in [1.29, 1.82) is 0 Å². The minimum absolute atomic E-state index is 0. The summed E-state index contributed by atoms with van der Waals surface area (Å²) < 4.78 is 0. The Hall–Kier alpha value is 0.430. The van der Waals surface area contributed by atoms with Crippen molar-refractivity contribution in [2.75, 3.05) is 0 Å². The number of hydrogen-bond acceptors (Lipinski definition) is 2. The molecule has 0 aromatic rings. The van der Waals surface area contributed by atoms with Crippen LogP contribution in [0.15, 0.2) is 0 Å². The van der Waals surface area contributed by atoms with Gasteiger partial charge in [0.05, 0.1) is 5.41 Å². The molecule has 80 valence electrons. The number of carbonyl (C=O) groups is 1. The maximum absolute atomic E-state index is 11.9. The van der Waals surface area contributed by atoms with Gasteiger partial charge in [-0.3, -0.25) is 4.79 Å². The van der Waals surface area contributed by atoms with Crippen LogP contribution in [-0.2, 0) is 4.79 Å². The van der Waals surface area contributed by atoms with Crippen molar-refractivity contribution in [2.45, 2.75) is 46.1 Å². The zero-order valence-corrected chi connectivity index (χ0v) is 12.0. The average molecular weight is 220 g/mol. The van der Waals surface area contributed by atoms with Crippen LogP contribution in [0, 0.1) is 16.2 Å². The summed E-state index contributed by atoms with van der Waals surface area (Å²) in [5.74, 6) is -0.774.